The lowest BCUT2D eigenvalue weighted by molar-refractivity contribution is 0.140. The Morgan fingerprint density at radius 3 is 2.59 bits per heavy atom. The van der Waals surface area contributed by atoms with Gasteiger partial charge in [-0.25, -0.2) is 0 Å². The van der Waals surface area contributed by atoms with E-state index in [2.05, 4.69) is 36.0 Å². The van der Waals surface area contributed by atoms with Crippen LogP contribution in [0.15, 0.2) is 12.1 Å². The van der Waals surface area contributed by atoms with Crippen LogP contribution in [0.5, 0.6) is 0 Å². The SMILES string of the molecule is CN1CCC(N(C)Cc2ccc(CN)s2)CC1. The molecule has 17 heavy (non-hydrogen) atoms. The summed E-state index contributed by atoms with van der Waals surface area (Å²) >= 11 is 1.85. The highest BCUT2D eigenvalue weighted by atomic mass is 32.1. The number of likely N-dealkylation sites (tertiary alicyclic amines) is 1. The van der Waals surface area contributed by atoms with Crippen molar-refractivity contribution in [3.8, 4) is 0 Å². The van der Waals surface area contributed by atoms with Crippen molar-refractivity contribution in [1.29, 1.82) is 0 Å². The van der Waals surface area contributed by atoms with Crippen LogP contribution in [0.25, 0.3) is 0 Å². The molecule has 1 aliphatic heterocycles. The zero-order valence-corrected chi connectivity index (χ0v) is 11.7. The second kappa shape index (κ2) is 5.96. The molecule has 2 N–H and O–H groups in total. The molecule has 0 radical (unpaired) electrons. The molecular formula is C13H23N3S. The third-order valence-corrected chi connectivity index (χ3v) is 4.73. The molecule has 1 aromatic heterocycles. The van der Waals surface area contributed by atoms with Crippen molar-refractivity contribution in [2.45, 2.75) is 32.0 Å². The molecule has 1 saturated heterocycles. The molecule has 0 saturated carbocycles. The van der Waals surface area contributed by atoms with Gasteiger partial charge in [0, 0.05) is 28.9 Å². The first kappa shape index (κ1) is 13.0. The normalized spacial score (nSPS) is 19.1. The number of piperidine rings is 1. The number of nitrogens with zero attached hydrogens (tertiary/aromatic N) is 2. The van der Waals surface area contributed by atoms with Gasteiger partial charge in [0.2, 0.25) is 0 Å². The highest BCUT2D eigenvalue weighted by Gasteiger charge is 2.20. The largest absolute Gasteiger partial charge is 0.326 e. The van der Waals surface area contributed by atoms with Crippen LogP contribution >= 0.6 is 11.3 Å². The highest BCUT2D eigenvalue weighted by molar-refractivity contribution is 7.11. The summed E-state index contributed by atoms with van der Waals surface area (Å²) in [7, 11) is 4.46. The minimum absolute atomic E-state index is 0.669. The second-order valence-corrected chi connectivity index (χ2v) is 6.27. The molecular weight excluding hydrogens is 230 g/mol. The van der Waals surface area contributed by atoms with Gasteiger partial charge in [-0.05, 0) is 52.2 Å². The highest BCUT2D eigenvalue weighted by Crippen LogP contribution is 2.21. The van der Waals surface area contributed by atoms with Gasteiger partial charge in [-0.3, -0.25) is 4.90 Å². The molecule has 1 aliphatic rings. The molecule has 0 spiro atoms. The van der Waals surface area contributed by atoms with E-state index in [1.165, 1.54) is 35.7 Å². The Bertz CT molecular complexity index is 342. The van der Waals surface area contributed by atoms with Gasteiger partial charge in [0.05, 0.1) is 0 Å². The van der Waals surface area contributed by atoms with Crippen molar-refractivity contribution in [2.24, 2.45) is 5.73 Å². The van der Waals surface area contributed by atoms with Crippen molar-refractivity contribution < 1.29 is 0 Å². The first-order chi connectivity index (χ1) is 8.19. The van der Waals surface area contributed by atoms with E-state index in [0.29, 0.717) is 6.54 Å². The van der Waals surface area contributed by atoms with E-state index in [4.69, 9.17) is 5.73 Å². The van der Waals surface area contributed by atoms with Crippen LogP contribution in [0.1, 0.15) is 22.6 Å². The first-order valence-corrected chi connectivity index (χ1v) is 7.17. The maximum Gasteiger partial charge on any atom is 0.0327 e. The fraction of sp³-hybridized carbons (Fsp3) is 0.692. The van der Waals surface area contributed by atoms with Crippen LogP contribution in [0, 0.1) is 0 Å². The monoisotopic (exact) mass is 253 g/mol. The fourth-order valence-electron chi connectivity index (χ4n) is 2.43. The van der Waals surface area contributed by atoms with Gasteiger partial charge >= 0.3 is 0 Å². The third kappa shape index (κ3) is 3.52. The molecule has 2 rings (SSSR count). The molecule has 96 valence electrons. The van der Waals surface area contributed by atoms with E-state index in [0.717, 1.165) is 12.6 Å². The van der Waals surface area contributed by atoms with Crippen LogP contribution in [-0.2, 0) is 13.1 Å². The fourth-order valence-corrected chi connectivity index (χ4v) is 3.39. The number of hydrogen-bond donors (Lipinski definition) is 1. The Morgan fingerprint density at radius 1 is 1.35 bits per heavy atom. The van der Waals surface area contributed by atoms with E-state index in [-0.39, 0.29) is 0 Å². The summed E-state index contributed by atoms with van der Waals surface area (Å²) in [5.41, 5.74) is 5.64. The van der Waals surface area contributed by atoms with E-state index < -0.39 is 0 Å². The quantitative estimate of drug-likeness (QED) is 0.887. The molecule has 0 amide bonds. The standard InChI is InChI=1S/C13H23N3S/c1-15-7-5-11(6-8-15)16(2)10-13-4-3-12(9-14)17-13/h3-4,11H,5-10,14H2,1-2H3. The number of thiophene rings is 1. The minimum Gasteiger partial charge on any atom is -0.326 e. The lowest BCUT2D eigenvalue weighted by atomic mass is 10.0. The van der Waals surface area contributed by atoms with Crippen molar-refractivity contribution in [3.05, 3.63) is 21.9 Å². The molecule has 0 atom stereocenters. The predicted octanol–water partition coefficient (Wildman–Crippen LogP) is 1.73. The molecule has 0 unspecified atom stereocenters. The van der Waals surface area contributed by atoms with Gasteiger partial charge in [0.1, 0.15) is 0 Å². The van der Waals surface area contributed by atoms with Crippen LogP contribution in [-0.4, -0.2) is 43.0 Å². The van der Waals surface area contributed by atoms with E-state index in [9.17, 15) is 0 Å². The minimum atomic E-state index is 0.669. The van der Waals surface area contributed by atoms with Gasteiger partial charge in [-0.2, -0.15) is 0 Å². The Labute approximate surface area is 108 Å². The summed E-state index contributed by atoms with van der Waals surface area (Å²) in [5.74, 6) is 0. The van der Waals surface area contributed by atoms with Gasteiger partial charge in [-0.1, -0.05) is 0 Å². The number of rotatable bonds is 4. The molecule has 1 fully saturated rings. The summed E-state index contributed by atoms with van der Waals surface area (Å²) in [4.78, 5) is 7.64. The van der Waals surface area contributed by atoms with E-state index in [1.807, 2.05) is 11.3 Å². The van der Waals surface area contributed by atoms with E-state index in [1.54, 1.807) is 0 Å². The van der Waals surface area contributed by atoms with Crippen LogP contribution < -0.4 is 5.73 Å². The van der Waals surface area contributed by atoms with Gasteiger partial charge < -0.3 is 10.6 Å². The van der Waals surface area contributed by atoms with Crippen molar-refractivity contribution in [2.75, 3.05) is 27.2 Å². The zero-order valence-electron chi connectivity index (χ0n) is 10.9. The van der Waals surface area contributed by atoms with Gasteiger partial charge in [-0.15, -0.1) is 11.3 Å². The summed E-state index contributed by atoms with van der Waals surface area (Å²) in [6.45, 7) is 4.20. The number of hydrogen-bond acceptors (Lipinski definition) is 4. The van der Waals surface area contributed by atoms with Gasteiger partial charge in [0.25, 0.3) is 0 Å². The Morgan fingerprint density at radius 2 is 2.00 bits per heavy atom. The number of nitrogens with two attached hydrogens (primary N) is 1. The average molecular weight is 253 g/mol. The zero-order chi connectivity index (χ0) is 12.3. The lowest BCUT2D eigenvalue weighted by Gasteiger charge is -2.34. The van der Waals surface area contributed by atoms with Crippen molar-refractivity contribution in [3.63, 3.8) is 0 Å². The summed E-state index contributed by atoms with van der Waals surface area (Å²) in [6.07, 6.45) is 2.59. The molecule has 4 heteroatoms. The molecule has 1 aromatic rings. The lowest BCUT2D eigenvalue weighted by Crippen LogP contribution is -2.41. The third-order valence-electron chi connectivity index (χ3n) is 3.64. The molecule has 0 aliphatic carbocycles. The Kier molecular flexibility index (Phi) is 4.56. The Balaban J connectivity index is 1.85. The molecule has 0 bridgehead atoms. The summed E-state index contributed by atoms with van der Waals surface area (Å²) in [6, 6.07) is 5.12. The molecule has 3 nitrogen and oxygen atoms in total. The maximum absolute atomic E-state index is 5.64. The first-order valence-electron chi connectivity index (χ1n) is 6.35. The van der Waals surface area contributed by atoms with Crippen molar-refractivity contribution >= 4 is 11.3 Å². The van der Waals surface area contributed by atoms with Crippen LogP contribution in [0.2, 0.25) is 0 Å². The summed E-state index contributed by atoms with van der Waals surface area (Å²) < 4.78 is 0. The van der Waals surface area contributed by atoms with Gasteiger partial charge in [0.15, 0.2) is 0 Å². The predicted molar refractivity (Wildman–Crippen MR) is 74.2 cm³/mol. The summed E-state index contributed by atoms with van der Waals surface area (Å²) in [5, 5.41) is 0. The molecule has 0 aromatic carbocycles. The Hall–Kier alpha value is -0.420. The van der Waals surface area contributed by atoms with Crippen molar-refractivity contribution in [1.82, 2.24) is 9.80 Å². The second-order valence-electron chi connectivity index (χ2n) is 5.02. The van der Waals surface area contributed by atoms with Crippen LogP contribution in [0.4, 0.5) is 0 Å². The van der Waals surface area contributed by atoms with E-state index >= 15 is 0 Å². The topological polar surface area (TPSA) is 32.5 Å². The van der Waals surface area contributed by atoms with Crippen LogP contribution in [0.3, 0.4) is 0 Å². The molecule has 2 heterocycles. The smallest absolute Gasteiger partial charge is 0.0327 e. The average Bonchev–Trinajstić information content (AvgIpc) is 2.77. The maximum atomic E-state index is 5.64.